The molecule has 1 rings (SSSR count). The van der Waals surface area contributed by atoms with E-state index >= 15 is 0 Å². The Morgan fingerprint density at radius 2 is 1.62 bits per heavy atom. The molecule has 0 aromatic heterocycles. The van der Waals surface area contributed by atoms with Gasteiger partial charge in [-0.2, -0.15) is 0 Å². The molecule has 3 amide bonds. The van der Waals surface area contributed by atoms with Gasteiger partial charge in [-0.1, -0.05) is 26.2 Å². The average Bonchev–Trinajstić information content (AvgIpc) is 2.49. The smallest absolute Gasteiger partial charge is 0.408 e. The normalized spacial score (nSPS) is 16.8. The van der Waals surface area contributed by atoms with Gasteiger partial charge in [-0.3, -0.25) is 9.59 Å². The number of alkyl carbamates (subject to hydrolysis) is 1. The summed E-state index contributed by atoms with van der Waals surface area (Å²) < 4.78 is 5.35. The minimum absolute atomic E-state index is 0.0464. The summed E-state index contributed by atoms with van der Waals surface area (Å²) >= 11 is 0. The maximum absolute atomic E-state index is 12.1. The molecule has 0 atom stereocenters. The fourth-order valence-electron chi connectivity index (χ4n) is 2.73. The Kier molecular flexibility index (Phi) is 7.51. The lowest BCUT2D eigenvalue weighted by molar-refractivity contribution is -0.126. The van der Waals surface area contributed by atoms with Crippen LogP contribution < -0.4 is 16.0 Å². The van der Waals surface area contributed by atoms with E-state index in [1.165, 1.54) is 0 Å². The van der Waals surface area contributed by atoms with E-state index in [1.807, 2.05) is 20.8 Å². The molecule has 24 heavy (non-hydrogen) atoms. The summed E-state index contributed by atoms with van der Waals surface area (Å²) in [6.45, 7) is 7.48. The minimum atomic E-state index is -0.562. The second-order valence-electron chi connectivity index (χ2n) is 7.37. The maximum Gasteiger partial charge on any atom is 0.408 e. The third-order valence-electron chi connectivity index (χ3n) is 3.97. The largest absolute Gasteiger partial charge is 0.444 e. The number of rotatable bonds is 6. The summed E-state index contributed by atoms with van der Waals surface area (Å²) in [4.78, 5) is 35.2. The number of nitrogens with one attached hydrogen (secondary N) is 3. The Balaban J connectivity index is 2.56. The number of hydrogen-bond acceptors (Lipinski definition) is 4. The van der Waals surface area contributed by atoms with Crippen molar-refractivity contribution < 1.29 is 19.1 Å². The quantitative estimate of drug-likeness (QED) is 0.687. The van der Waals surface area contributed by atoms with Crippen molar-refractivity contribution in [3.05, 3.63) is 0 Å². The van der Waals surface area contributed by atoms with E-state index in [1.54, 1.807) is 6.92 Å². The molecular weight excluding hydrogens is 310 g/mol. The second kappa shape index (κ2) is 8.89. The van der Waals surface area contributed by atoms with Gasteiger partial charge in [0.15, 0.2) is 0 Å². The number of carbonyl (C=O) groups excluding carboxylic acids is 3. The molecule has 0 radical (unpaired) electrons. The average molecular weight is 341 g/mol. The molecule has 1 fully saturated rings. The zero-order valence-corrected chi connectivity index (χ0v) is 15.3. The van der Waals surface area contributed by atoms with E-state index in [4.69, 9.17) is 4.74 Å². The van der Waals surface area contributed by atoms with Gasteiger partial charge in [0, 0.05) is 13.0 Å². The maximum atomic E-state index is 12.1. The first-order valence-corrected chi connectivity index (χ1v) is 8.70. The summed E-state index contributed by atoms with van der Waals surface area (Å²) in [7, 11) is 0. The van der Waals surface area contributed by atoms with Crippen molar-refractivity contribution in [2.75, 3.05) is 13.1 Å². The molecule has 3 N–H and O–H groups in total. The van der Waals surface area contributed by atoms with Gasteiger partial charge in [0.05, 0.1) is 12.1 Å². The third-order valence-corrected chi connectivity index (χ3v) is 3.97. The van der Waals surface area contributed by atoms with E-state index in [2.05, 4.69) is 16.0 Å². The van der Waals surface area contributed by atoms with Crippen LogP contribution in [0.5, 0.6) is 0 Å². The van der Waals surface area contributed by atoms with Crippen LogP contribution in [-0.4, -0.2) is 42.1 Å². The van der Waals surface area contributed by atoms with Crippen LogP contribution in [0.3, 0.4) is 0 Å². The molecule has 0 spiro atoms. The SMILES string of the molecule is CCC(=O)NCC(=O)NCC1(NC(=O)OC(C)(C)C)CCCCC1. The molecule has 0 aromatic rings. The highest BCUT2D eigenvalue weighted by molar-refractivity contribution is 5.84. The number of amides is 3. The molecule has 1 aliphatic rings. The first-order valence-electron chi connectivity index (χ1n) is 8.70. The molecule has 0 aliphatic heterocycles. The first kappa shape index (κ1) is 20.3. The molecule has 0 heterocycles. The summed E-state index contributed by atoms with van der Waals surface area (Å²) in [6, 6.07) is 0. The molecular formula is C17H31N3O4. The Morgan fingerprint density at radius 1 is 1.00 bits per heavy atom. The van der Waals surface area contributed by atoms with Gasteiger partial charge in [0.1, 0.15) is 5.60 Å². The molecule has 138 valence electrons. The molecule has 7 nitrogen and oxygen atoms in total. The zero-order chi connectivity index (χ0) is 18.2. The van der Waals surface area contributed by atoms with Crippen LogP contribution in [0.4, 0.5) is 4.79 Å². The van der Waals surface area contributed by atoms with Crippen LogP contribution in [-0.2, 0) is 14.3 Å². The van der Waals surface area contributed by atoms with Crippen LogP contribution in [0.1, 0.15) is 66.2 Å². The molecule has 0 aromatic carbocycles. The third kappa shape index (κ3) is 7.66. The van der Waals surface area contributed by atoms with Gasteiger partial charge in [-0.25, -0.2) is 4.79 Å². The minimum Gasteiger partial charge on any atom is -0.444 e. The predicted octanol–water partition coefficient (Wildman–Crippen LogP) is 1.86. The van der Waals surface area contributed by atoms with E-state index in [0.717, 1.165) is 32.1 Å². The van der Waals surface area contributed by atoms with Gasteiger partial charge in [-0.15, -0.1) is 0 Å². The van der Waals surface area contributed by atoms with E-state index in [-0.39, 0.29) is 18.4 Å². The summed E-state index contributed by atoms with van der Waals surface area (Å²) in [6.07, 6.45) is 4.60. The van der Waals surface area contributed by atoms with Crippen molar-refractivity contribution in [3.63, 3.8) is 0 Å². The topological polar surface area (TPSA) is 96.5 Å². The predicted molar refractivity (Wildman–Crippen MR) is 91.5 cm³/mol. The van der Waals surface area contributed by atoms with Crippen LogP contribution in [0.15, 0.2) is 0 Å². The fraction of sp³-hybridized carbons (Fsp3) is 0.824. The molecule has 7 heteroatoms. The van der Waals surface area contributed by atoms with Gasteiger partial charge >= 0.3 is 6.09 Å². The summed E-state index contributed by atoms with van der Waals surface area (Å²) in [5.74, 6) is -0.419. The highest BCUT2D eigenvalue weighted by Crippen LogP contribution is 2.28. The van der Waals surface area contributed by atoms with Crippen LogP contribution in [0, 0.1) is 0 Å². The monoisotopic (exact) mass is 341 g/mol. The van der Waals surface area contributed by atoms with Gasteiger partial charge in [0.25, 0.3) is 0 Å². The fourth-order valence-corrected chi connectivity index (χ4v) is 2.73. The highest BCUT2D eigenvalue weighted by Gasteiger charge is 2.35. The number of hydrogen-bond donors (Lipinski definition) is 3. The van der Waals surface area contributed by atoms with E-state index in [0.29, 0.717) is 13.0 Å². The summed E-state index contributed by atoms with van der Waals surface area (Å²) in [5.41, 5.74) is -1.04. The number of ether oxygens (including phenoxy) is 1. The van der Waals surface area contributed by atoms with Crippen molar-refractivity contribution in [1.82, 2.24) is 16.0 Å². The van der Waals surface area contributed by atoms with Crippen molar-refractivity contribution in [2.24, 2.45) is 0 Å². The second-order valence-corrected chi connectivity index (χ2v) is 7.37. The van der Waals surface area contributed by atoms with Crippen LogP contribution in [0.2, 0.25) is 0 Å². The highest BCUT2D eigenvalue weighted by atomic mass is 16.6. The Hall–Kier alpha value is -1.79. The molecule has 1 aliphatic carbocycles. The Morgan fingerprint density at radius 3 is 2.17 bits per heavy atom. The lowest BCUT2D eigenvalue weighted by Crippen LogP contribution is -2.58. The van der Waals surface area contributed by atoms with Crippen LogP contribution >= 0.6 is 0 Å². The molecule has 0 unspecified atom stereocenters. The van der Waals surface area contributed by atoms with E-state index < -0.39 is 17.2 Å². The van der Waals surface area contributed by atoms with Crippen molar-refractivity contribution >= 4 is 17.9 Å². The Labute approximate surface area is 144 Å². The van der Waals surface area contributed by atoms with Gasteiger partial charge in [0.2, 0.25) is 11.8 Å². The first-order chi connectivity index (χ1) is 11.2. The van der Waals surface area contributed by atoms with Crippen molar-refractivity contribution in [1.29, 1.82) is 0 Å². The van der Waals surface area contributed by atoms with Crippen molar-refractivity contribution in [2.45, 2.75) is 77.4 Å². The van der Waals surface area contributed by atoms with Gasteiger partial charge < -0.3 is 20.7 Å². The molecule has 1 saturated carbocycles. The van der Waals surface area contributed by atoms with E-state index in [9.17, 15) is 14.4 Å². The molecule has 0 saturated heterocycles. The Bertz CT molecular complexity index is 451. The lowest BCUT2D eigenvalue weighted by atomic mass is 9.81. The standard InChI is InChI=1S/C17H31N3O4/c1-5-13(21)18-11-14(22)19-12-17(9-7-6-8-10-17)20-15(23)24-16(2,3)4/h5-12H2,1-4H3,(H,18,21)(H,19,22)(H,20,23). The lowest BCUT2D eigenvalue weighted by Gasteiger charge is -2.38. The van der Waals surface area contributed by atoms with Crippen molar-refractivity contribution in [3.8, 4) is 0 Å². The summed E-state index contributed by atoms with van der Waals surface area (Å²) in [5, 5.41) is 8.32. The van der Waals surface area contributed by atoms with Crippen LogP contribution in [0.25, 0.3) is 0 Å². The molecule has 0 bridgehead atoms. The van der Waals surface area contributed by atoms with Gasteiger partial charge in [-0.05, 0) is 33.6 Å². The zero-order valence-electron chi connectivity index (χ0n) is 15.3. The number of carbonyl (C=O) groups is 3.